The van der Waals surface area contributed by atoms with Gasteiger partial charge in [0.15, 0.2) is 0 Å². The number of fused-ring (bicyclic) bond motifs is 7. The molecule has 0 amide bonds. The lowest BCUT2D eigenvalue weighted by Gasteiger charge is -2.19. The maximum absolute atomic E-state index is 5.37. The minimum atomic E-state index is 0.932. The van der Waals surface area contributed by atoms with Gasteiger partial charge in [-0.3, -0.25) is 4.98 Å². The van der Waals surface area contributed by atoms with Crippen molar-refractivity contribution in [2.45, 2.75) is 0 Å². The van der Waals surface area contributed by atoms with E-state index in [-0.39, 0.29) is 0 Å². The molecule has 0 saturated heterocycles. The molecule has 0 aliphatic rings. The Morgan fingerprint density at radius 2 is 0.833 bits per heavy atom. The summed E-state index contributed by atoms with van der Waals surface area (Å²) in [5.74, 6) is 0. The first kappa shape index (κ1) is 30.5. The quantitative estimate of drug-likeness (QED) is 0.136. The standard InChI is InChI=1S/C52H32N2/c1-3-13-35-29-39(24-22-33(35)11-1)50-42-17-7-8-18-43(42)51(40-25-23-34-12-2-4-14-36(34)30-40)47-32-38(26-27-44(47)50)48-20-9-21-49(54-48)46-31-37-15-5-6-16-41(37)52-45(46)19-10-28-53-52/h1-32H. The van der Waals surface area contributed by atoms with Crippen molar-refractivity contribution in [3.05, 3.63) is 194 Å². The van der Waals surface area contributed by atoms with Gasteiger partial charge in [-0.1, -0.05) is 146 Å². The van der Waals surface area contributed by atoms with Crippen LogP contribution in [0.15, 0.2) is 194 Å². The van der Waals surface area contributed by atoms with Crippen molar-refractivity contribution in [2.24, 2.45) is 0 Å². The zero-order valence-electron chi connectivity index (χ0n) is 29.4. The molecule has 0 unspecified atom stereocenters. The highest BCUT2D eigenvalue weighted by Crippen LogP contribution is 2.46. The molecule has 2 aromatic heterocycles. The molecular formula is C52H32N2. The van der Waals surface area contributed by atoms with Crippen molar-refractivity contribution < 1.29 is 0 Å². The van der Waals surface area contributed by atoms with E-state index in [0.29, 0.717) is 0 Å². The van der Waals surface area contributed by atoms with E-state index in [1.807, 2.05) is 12.3 Å². The Morgan fingerprint density at radius 3 is 1.54 bits per heavy atom. The Morgan fingerprint density at radius 1 is 0.296 bits per heavy atom. The molecule has 2 heteroatoms. The van der Waals surface area contributed by atoms with E-state index in [0.717, 1.165) is 44.2 Å². The van der Waals surface area contributed by atoms with Crippen molar-refractivity contribution in [1.82, 2.24) is 9.97 Å². The van der Waals surface area contributed by atoms with Crippen LogP contribution in [0, 0.1) is 0 Å². The summed E-state index contributed by atoms with van der Waals surface area (Å²) in [5.41, 5.74) is 9.93. The van der Waals surface area contributed by atoms with E-state index < -0.39 is 0 Å². The summed E-state index contributed by atoms with van der Waals surface area (Å²) < 4.78 is 0. The molecule has 0 bridgehead atoms. The molecule has 0 saturated carbocycles. The molecule has 0 aliphatic heterocycles. The van der Waals surface area contributed by atoms with Crippen molar-refractivity contribution >= 4 is 64.8 Å². The van der Waals surface area contributed by atoms with Gasteiger partial charge < -0.3 is 0 Å². The lowest BCUT2D eigenvalue weighted by atomic mass is 9.84. The number of aromatic nitrogens is 2. The lowest BCUT2D eigenvalue weighted by Crippen LogP contribution is -1.94. The average molecular weight is 685 g/mol. The van der Waals surface area contributed by atoms with Gasteiger partial charge in [-0.25, -0.2) is 4.98 Å². The Hall–Kier alpha value is -7.16. The molecular weight excluding hydrogens is 653 g/mol. The fraction of sp³-hybridized carbons (Fsp3) is 0. The molecule has 9 aromatic carbocycles. The summed E-state index contributed by atoms with van der Waals surface area (Å²) in [7, 11) is 0. The SMILES string of the molecule is c1cc(-c2ccc3c(-c4ccc5ccccc5c4)c4ccccc4c(-c4ccc5ccccc5c4)c3c2)nc(-c2cc3ccccc3c3ncccc23)c1. The predicted octanol–water partition coefficient (Wildman–Crippen LogP) is 14.1. The van der Waals surface area contributed by atoms with Gasteiger partial charge in [0.25, 0.3) is 0 Å². The Labute approximate surface area is 312 Å². The fourth-order valence-electron chi connectivity index (χ4n) is 8.52. The van der Waals surface area contributed by atoms with Gasteiger partial charge in [0.05, 0.1) is 16.9 Å². The van der Waals surface area contributed by atoms with Crippen molar-refractivity contribution in [1.29, 1.82) is 0 Å². The van der Waals surface area contributed by atoms with Gasteiger partial charge in [0, 0.05) is 28.1 Å². The molecule has 250 valence electrons. The summed E-state index contributed by atoms with van der Waals surface area (Å²) in [4.78, 5) is 10.2. The lowest BCUT2D eigenvalue weighted by molar-refractivity contribution is 1.33. The van der Waals surface area contributed by atoms with Gasteiger partial charge in [-0.15, -0.1) is 0 Å². The second kappa shape index (κ2) is 12.2. The third kappa shape index (κ3) is 4.88. The van der Waals surface area contributed by atoms with Crippen LogP contribution in [-0.2, 0) is 0 Å². The highest BCUT2D eigenvalue weighted by Gasteiger charge is 2.19. The van der Waals surface area contributed by atoms with Crippen molar-refractivity contribution in [3.8, 4) is 44.8 Å². The average Bonchev–Trinajstić information content (AvgIpc) is 3.24. The van der Waals surface area contributed by atoms with Crippen LogP contribution in [-0.4, -0.2) is 9.97 Å². The number of nitrogens with zero attached hydrogens (tertiary/aromatic N) is 2. The minimum absolute atomic E-state index is 0.932. The Balaban J connectivity index is 1.18. The smallest absolute Gasteiger partial charge is 0.0787 e. The molecule has 0 N–H and O–H groups in total. The maximum Gasteiger partial charge on any atom is 0.0787 e. The molecule has 11 rings (SSSR count). The van der Waals surface area contributed by atoms with Crippen LogP contribution in [0.25, 0.3) is 110 Å². The van der Waals surface area contributed by atoms with E-state index in [4.69, 9.17) is 9.97 Å². The minimum Gasteiger partial charge on any atom is -0.256 e. The molecule has 2 nitrogen and oxygen atoms in total. The summed E-state index contributed by atoms with van der Waals surface area (Å²) >= 11 is 0. The summed E-state index contributed by atoms with van der Waals surface area (Å²) in [6, 6.07) is 68.1. The highest BCUT2D eigenvalue weighted by molar-refractivity contribution is 6.22. The van der Waals surface area contributed by atoms with Crippen LogP contribution in [0.4, 0.5) is 0 Å². The monoisotopic (exact) mass is 684 g/mol. The van der Waals surface area contributed by atoms with E-state index in [9.17, 15) is 0 Å². The molecule has 0 aliphatic carbocycles. The maximum atomic E-state index is 5.37. The molecule has 11 aromatic rings. The first-order valence-electron chi connectivity index (χ1n) is 18.5. The van der Waals surface area contributed by atoms with Gasteiger partial charge in [0.1, 0.15) is 0 Å². The number of rotatable bonds is 4. The number of hydrogen-bond acceptors (Lipinski definition) is 2. The second-order valence-corrected chi connectivity index (χ2v) is 14.1. The van der Waals surface area contributed by atoms with Crippen LogP contribution < -0.4 is 0 Å². The third-order valence-electron chi connectivity index (χ3n) is 11.0. The second-order valence-electron chi connectivity index (χ2n) is 14.1. The zero-order chi connectivity index (χ0) is 35.6. The molecule has 0 fully saturated rings. The van der Waals surface area contributed by atoms with Crippen LogP contribution in [0.5, 0.6) is 0 Å². The number of benzene rings is 9. The van der Waals surface area contributed by atoms with E-state index in [1.54, 1.807) is 0 Å². The summed E-state index contributed by atoms with van der Waals surface area (Å²) in [5, 5.41) is 13.3. The molecule has 54 heavy (non-hydrogen) atoms. The fourth-order valence-corrected chi connectivity index (χ4v) is 8.52. The zero-order valence-corrected chi connectivity index (χ0v) is 29.4. The van der Waals surface area contributed by atoms with Crippen LogP contribution in [0.2, 0.25) is 0 Å². The van der Waals surface area contributed by atoms with E-state index >= 15 is 0 Å². The first-order chi connectivity index (χ1) is 26.8. The number of hydrogen-bond donors (Lipinski definition) is 0. The van der Waals surface area contributed by atoms with Gasteiger partial charge >= 0.3 is 0 Å². The topological polar surface area (TPSA) is 25.8 Å². The Kier molecular flexibility index (Phi) is 6.90. The molecule has 2 heterocycles. The van der Waals surface area contributed by atoms with Crippen molar-refractivity contribution in [3.63, 3.8) is 0 Å². The normalized spacial score (nSPS) is 11.7. The summed E-state index contributed by atoms with van der Waals surface area (Å²) in [6.45, 7) is 0. The van der Waals surface area contributed by atoms with Gasteiger partial charge in [0.2, 0.25) is 0 Å². The summed E-state index contributed by atoms with van der Waals surface area (Å²) in [6.07, 6.45) is 1.88. The van der Waals surface area contributed by atoms with Gasteiger partial charge in [-0.05, 0) is 113 Å². The first-order valence-corrected chi connectivity index (χ1v) is 18.5. The predicted molar refractivity (Wildman–Crippen MR) is 229 cm³/mol. The van der Waals surface area contributed by atoms with Crippen LogP contribution >= 0.6 is 0 Å². The Bertz CT molecular complexity index is 3290. The van der Waals surface area contributed by atoms with Crippen molar-refractivity contribution in [2.75, 3.05) is 0 Å². The van der Waals surface area contributed by atoms with Crippen LogP contribution in [0.3, 0.4) is 0 Å². The third-order valence-corrected chi connectivity index (χ3v) is 11.0. The van der Waals surface area contributed by atoms with E-state index in [2.05, 4.69) is 182 Å². The largest absolute Gasteiger partial charge is 0.256 e. The molecule has 0 radical (unpaired) electrons. The number of pyridine rings is 2. The molecule has 0 spiro atoms. The van der Waals surface area contributed by atoms with Gasteiger partial charge in [-0.2, -0.15) is 0 Å². The molecule has 0 atom stereocenters. The highest BCUT2D eigenvalue weighted by atomic mass is 14.7. The van der Waals surface area contributed by atoms with E-state index in [1.165, 1.54) is 65.3 Å². The van der Waals surface area contributed by atoms with Crippen LogP contribution in [0.1, 0.15) is 0 Å².